The summed E-state index contributed by atoms with van der Waals surface area (Å²) in [4.78, 5) is 0.334. The first-order chi connectivity index (χ1) is 5.08. The second kappa shape index (κ2) is 3.37. The van der Waals surface area contributed by atoms with Crippen LogP contribution in [0.1, 0.15) is 0 Å². The maximum atomic E-state index is 11.9. The maximum absolute atomic E-state index is 11.9. The van der Waals surface area contributed by atoms with Crippen LogP contribution in [0.25, 0.3) is 0 Å². The van der Waals surface area contributed by atoms with E-state index in [9.17, 15) is 13.0 Å². The Morgan fingerprint density at radius 2 is 1.73 bits per heavy atom. The first-order valence-corrected chi connectivity index (χ1v) is 5.73. The third-order valence-electron chi connectivity index (χ3n) is 0.955. The van der Waals surface area contributed by atoms with Crippen molar-refractivity contribution in [3.8, 4) is 0 Å². The van der Waals surface area contributed by atoms with Crippen molar-refractivity contribution in [2.75, 3.05) is 0 Å². The Morgan fingerprint density at radius 1 is 1.18 bits per heavy atom. The molecule has 0 saturated carbocycles. The molecule has 0 aromatic heterocycles. The fraction of sp³-hybridized carbons (Fsp3) is 0. The lowest BCUT2D eigenvalue weighted by Gasteiger charge is -1.96. The molecule has 1 aromatic rings. The lowest BCUT2D eigenvalue weighted by molar-refractivity contribution is 0.515. The molecule has 5 heteroatoms. The van der Waals surface area contributed by atoms with Crippen molar-refractivity contribution in [2.24, 2.45) is 0 Å². The van der Waals surface area contributed by atoms with Crippen LogP contribution in [0.4, 0.5) is 8.39 Å². The number of rotatable bonds is 2. The molecule has 0 heterocycles. The van der Waals surface area contributed by atoms with Crippen LogP contribution in [0.15, 0.2) is 35.2 Å². The summed E-state index contributed by atoms with van der Waals surface area (Å²) in [6.07, 6.45) is 0. The molecule has 0 amide bonds. The summed E-state index contributed by atoms with van der Waals surface area (Å²) >= 11 is 0.123. The lowest BCUT2D eigenvalue weighted by Crippen LogP contribution is -1.64. The minimum atomic E-state index is -4.97. The van der Waals surface area contributed by atoms with Gasteiger partial charge < -0.3 is 0 Å². The van der Waals surface area contributed by atoms with Gasteiger partial charge >= 0.3 is 6.97 Å². The molecule has 1 aromatic carbocycles. The van der Waals surface area contributed by atoms with E-state index in [1.165, 1.54) is 12.1 Å². The summed E-state index contributed by atoms with van der Waals surface area (Å²) in [5.74, 6) is 0. The predicted molar refractivity (Wildman–Crippen MR) is 42.1 cm³/mol. The molecule has 0 aliphatic rings. The Morgan fingerprint density at radius 3 is 2.18 bits per heavy atom. The monoisotopic (exact) mass is 194 g/mol. The Kier molecular flexibility index (Phi) is 2.68. The van der Waals surface area contributed by atoms with Crippen LogP contribution in [-0.2, 0) is 4.57 Å². The Hall–Kier alpha value is -0.340. The van der Waals surface area contributed by atoms with Crippen molar-refractivity contribution in [2.45, 2.75) is 4.90 Å². The molecular weight excluding hydrogens is 189 g/mol. The SMILES string of the molecule is O=P(F)(F)Sc1ccccc1. The first kappa shape index (κ1) is 8.75. The average molecular weight is 194 g/mol. The molecule has 0 spiro atoms. The van der Waals surface area contributed by atoms with Gasteiger partial charge in [0.25, 0.3) is 0 Å². The molecule has 0 fully saturated rings. The smallest absolute Gasteiger partial charge is 0.237 e. The van der Waals surface area contributed by atoms with E-state index in [2.05, 4.69) is 0 Å². The normalized spacial score (nSPS) is 11.5. The zero-order valence-electron chi connectivity index (χ0n) is 5.41. The van der Waals surface area contributed by atoms with Gasteiger partial charge in [-0.15, -0.1) is 8.39 Å². The van der Waals surface area contributed by atoms with Crippen molar-refractivity contribution >= 4 is 18.3 Å². The highest BCUT2D eigenvalue weighted by Crippen LogP contribution is 2.64. The quantitative estimate of drug-likeness (QED) is 0.665. The highest BCUT2D eigenvalue weighted by Gasteiger charge is 2.20. The van der Waals surface area contributed by atoms with E-state index < -0.39 is 6.97 Å². The topological polar surface area (TPSA) is 17.1 Å². The zero-order valence-corrected chi connectivity index (χ0v) is 7.12. The van der Waals surface area contributed by atoms with Crippen LogP contribution >= 0.6 is 18.3 Å². The van der Waals surface area contributed by atoms with E-state index in [0.29, 0.717) is 4.90 Å². The highest BCUT2D eigenvalue weighted by molar-refractivity contribution is 8.54. The Balaban J connectivity index is 2.74. The van der Waals surface area contributed by atoms with Gasteiger partial charge in [0.1, 0.15) is 0 Å². The van der Waals surface area contributed by atoms with Crippen molar-refractivity contribution in [1.82, 2.24) is 0 Å². The largest absolute Gasteiger partial charge is 0.466 e. The molecule has 1 rings (SSSR count). The van der Waals surface area contributed by atoms with Crippen molar-refractivity contribution in [3.05, 3.63) is 30.3 Å². The summed E-state index contributed by atoms with van der Waals surface area (Å²) in [5.41, 5.74) is 0. The Bertz CT molecular complexity index is 271. The van der Waals surface area contributed by atoms with Crippen LogP contribution in [0.3, 0.4) is 0 Å². The van der Waals surface area contributed by atoms with Gasteiger partial charge in [0.15, 0.2) is 0 Å². The van der Waals surface area contributed by atoms with E-state index in [1.807, 2.05) is 0 Å². The van der Waals surface area contributed by atoms with E-state index >= 15 is 0 Å². The average Bonchev–Trinajstić information content (AvgIpc) is 1.85. The number of hydrogen-bond donors (Lipinski definition) is 0. The van der Waals surface area contributed by atoms with Crippen molar-refractivity contribution < 1.29 is 13.0 Å². The highest BCUT2D eigenvalue weighted by atomic mass is 32.7. The zero-order chi connectivity index (χ0) is 8.32. The summed E-state index contributed by atoms with van der Waals surface area (Å²) in [6.45, 7) is -4.97. The molecule has 0 radical (unpaired) electrons. The molecule has 0 N–H and O–H groups in total. The van der Waals surface area contributed by atoms with Gasteiger partial charge in [0, 0.05) is 16.3 Å². The van der Waals surface area contributed by atoms with Gasteiger partial charge in [-0.05, 0) is 12.1 Å². The molecule has 0 aliphatic heterocycles. The summed E-state index contributed by atoms with van der Waals surface area (Å²) < 4.78 is 33.9. The lowest BCUT2D eigenvalue weighted by atomic mass is 10.4. The van der Waals surface area contributed by atoms with Gasteiger partial charge in [0.05, 0.1) is 0 Å². The number of hydrogen-bond acceptors (Lipinski definition) is 2. The third kappa shape index (κ3) is 3.54. The molecule has 11 heavy (non-hydrogen) atoms. The van der Waals surface area contributed by atoms with Gasteiger partial charge in [0.2, 0.25) is 0 Å². The fourth-order valence-electron chi connectivity index (χ4n) is 0.604. The molecule has 0 saturated heterocycles. The number of halogens is 2. The fourth-order valence-corrected chi connectivity index (χ4v) is 2.23. The van der Waals surface area contributed by atoms with Gasteiger partial charge in [-0.3, -0.25) is 0 Å². The van der Waals surface area contributed by atoms with E-state index in [1.54, 1.807) is 18.2 Å². The van der Waals surface area contributed by atoms with Gasteiger partial charge in [-0.25, -0.2) is 4.57 Å². The molecular formula is C6H5F2OPS. The molecule has 0 bridgehead atoms. The third-order valence-corrected chi connectivity index (χ3v) is 2.92. The van der Waals surface area contributed by atoms with Crippen LogP contribution in [0.5, 0.6) is 0 Å². The second-order valence-electron chi connectivity index (χ2n) is 1.82. The first-order valence-electron chi connectivity index (χ1n) is 2.82. The van der Waals surface area contributed by atoms with Crippen LogP contribution < -0.4 is 0 Å². The van der Waals surface area contributed by atoms with Crippen molar-refractivity contribution in [1.29, 1.82) is 0 Å². The maximum Gasteiger partial charge on any atom is 0.466 e. The van der Waals surface area contributed by atoms with Crippen molar-refractivity contribution in [3.63, 3.8) is 0 Å². The Labute approximate surface area is 67.2 Å². The molecule has 0 unspecified atom stereocenters. The molecule has 60 valence electrons. The predicted octanol–water partition coefficient (Wildman–Crippen LogP) is 3.83. The number of benzene rings is 1. The van der Waals surface area contributed by atoms with Gasteiger partial charge in [-0.2, -0.15) is 0 Å². The van der Waals surface area contributed by atoms with E-state index in [4.69, 9.17) is 0 Å². The second-order valence-corrected chi connectivity index (χ2v) is 5.12. The minimum Gasteiger partial charge on any atom is -0.237 e. The summed E-state index contributed by atoms with van der Waals surface area (Å²) in [5, 5.41) is 0. The molecule has 0 atom stereocenters. The van der Waals surface area contributed by atoms with Crippen LogP contribution in [0, 0.1) is 0 Å². The van der Waals surface area contributed by atoms with Crippen LogP contribution in [-0.4, -0.2) is 0 Å². The van der Waals surface area contributed by atoms with E-state index in [0.717, 1.165) is 0 Å². The summed E-state index contributed by atoms with van der Waals surface area (Å²) in [7, 11) is 0. The van der Waals surface area contributed by atoms with Crippen LogP contribution in [0.2, 0.25) is 0 Å². The van der Waals surface area contributed by atoms with E-state index in [-0.39, 0.29) is 11.4 Å². The molecule has 0 aliphatic carbocycles. The minimum absolute atomic E-state index is 0.123. The standard InChI is InChI=1S/C6H5F2OPS/c7-10(8,9)11-6-4-2-1-3-5-6/h1-5H. The molecule has 1 nitrogen and oxygen atoms in total. The van der Waals surface area contributed by atoms with Gasteiger partial charge in [-0.1, -0.05) is 18.2 Å². The summed E-state index contributed by atoms with van der Waals surface area (Å²) in [6, 6.07) is 7.95.